The van der Waals surface area contributed by atoms with Gasteiger partial charge in [-0.05, 0) is 63.3 Å². The molecular weight excluding hydrogens is 407 g/mol. The Labute approximate surface area is 183 Å². The van der Waals surface area contributed by atoms with Gasteiger partial charge < -0.3 is 19.3 Å². The van der Waals surface area contributed by atoms with Gasteiger partial charge in [0.05, 0.1) is 0 Å². The highest BCUT2D eigenvalue weighted by Gasteiger charge is 2.24. The lowest BCUT2D eigenvalue weighted by atomic mass is 10.0. The Morgan fingerprint density at radius 3 is 1.62 bits per heavy atom. The van der Waals surface area contributed by atoms with Crippen LogP contribution in [0.5, 0.6) is 11.5 Å². The average Bonchev–Trinajstić information content (AvgIpc) is 3.27. The maximum absolute atomic E-state index is 6.34. The molecule has 0 spiro atoms. The molecule has 2 aliphatic heterocycles. The minimum absolute atomic E-state index is 0.212. The standard InChI is InChI=1S/C23H28Cl2N2O2/c1-26-9-7-20(14-26)28-22-5-3-18(24)12-16(22)11-17-13-19(25)4-6-23(17)29-21-8-10-27(2)15-21/h3-6,12-13,20-21H,7-11,14-15H2,1-2H3. The van der Waals surface area contributed by atoms with E-state index in [0.717, 1.165) is 61.6 Å². The van der Waals surface area contributed by atoms with Crippen LogP contribution in [0.3, 0.4) is 0 Å². The number of halogens is 2. The van der Waals surface area contributed by atoms with Gasteiger partial charge in [0, 0.05) is 53.8 Å². The summed E-state index contributed by atoms with van der Waals surface area (Å²) >= 11 is 12.6. The molecule has 0 bridgehead atoms. The smallest absolute Gasteiger partial charge is 0.123 e. The zero-order chi connectivity index (χ0) is 20.4. The molecule has 0 N–H and O–H groups in total. The SMILES string of the molecule is CN1CCC(Oc2ccc(Cl)cc2Cc2cc(Cl)ccc2OC2CCN(C)C2)C1. The van der Waals surface area contributed by atoms with Crippen molar-refractivity contribution in [3.63, 3.8) is 0 Å². The fourth-order valence-corrected chi connectivity index (χ4v) is 4.54. The van der Waals surface area contributed by atoms with Gasteiger partial charge in [-0.2, -0.15) is 0 Å². The first-order valence-electron chi connectivity index (χ1n) is 10.2. The monoisotopic (exact) mass is 434 g/mol. The molecule has 0 aliphatic carbocycles. The number of hydrogen-bond acceptors (Lipinski definition) is 4. The third-order valence-corrected chi connectivity index (χ3v) is 6.18. The summed E-state index contributed by atoms with van der Waals surface area (Å²) in [7, 11) is 4.25. The predicted molar refractivity (Wildman–Crippen MR) is 119 cm³/mol. The van der Waals surface area contributed by atoms with Gasteiger partial charge >= 0.3 is 0 Å². The first kappa shape index (κ1) is 20.8. The molecule has 0 saturated carbocycles. The minimum atomic E-state index is 0.212. The molecule has 2 fully saturated rings. The van der Waals surface area contributed by atoms with Crippen molar-refractivity contribution in [2.45, 2.75) is 31.5 Å². The Morgan fingerprint density at radius 1 is 0.793 bits per heavy atom. The van der Waals surface area contributed by atoms with Crippen molar-refractivity contribution in [1.82, 2.24) is 9.80 Å². The third-order valence-electron chi connectivity index (χ3n) is 5.71. The maximum atomic E-state index is 6.34. The highest BCUT2D eigenvalue weighted by Crippen LogP contribution is 2.33. The highest BCUT2D eigenvalue weighted by molar-refractivity contribution is 6.31. The molecule has 2 aliphatic rings. The van der Waals surface area contributed by atoms with Crippen LogP contribution in [-0.2, 0) is 6.42 Å². The number of benzene rings is 2. The van der Waals surface area contributed by atoms with E-state index in [9.17, 15) is 0 Å². The summed E-state index contributed by atoms with van der Waals surface area (Å²) < 4.78 is 12.7. The summed E-state index contributed by atoms with van der Waals surface area (Å²) in [6.07, 6.45) is 3.17. The summed E-state index contributed by atoms with van der Waals surface area (Å²) in [5.74, 6) is 1.78. The van der Waals surface area contributed by atoms with Gasteiger partial charge in [-0.25, -0.2) is 0 Å². The zero-order valence-corrected chi connectivity index (χ0v) is 18.5. The van der Waals surface area contributed by atoms with Crippen molar-refractivity contribution in [2.75, 3.05) is 40.3 Å². The van der Waals surface area contributed by atoms with Crippen molar-refractivity contribution < 1.29 is 9.47 Å². The molecule has 2 aromatic rings. The minimum Gasteiger partial charge on any atom is -0.489 e. The molecule has 4 rings (SSSR count). The molecule has 4 nitrogen and oxygen atoms in total. The van der Waals surface area contributed by atoms with Gasteiger partial charge in [-0.15, -0.1) is 0 Å². The molecular formula is C23H28Cl2N2O2. The number of hydrogen-bond donors (Lipinski definition) is 0. The summed E-state index contributed by atoms with van der Waals surface area (Å²) in [6, 6.07) is 11.7. The van der Waals surface area contributed by atoms with E-state index in [-0.39, 0.29) is 12.2 Å². The Morgan fingerprint density at radius 2 is 1.24 bits per heavy atom. The lowest BCUT2D eigenvalue weighted by Crippen LogP contribution is -2.22. The molecule has 0 aromatic heterocycles. The van der Waals surface area contributed by atoms with Crippen LogP contribution in [0.15, 0.2) is 36.4 Å². The van der Waals surface area contributed by atoms with Crippen molar-refractivity contribution in [3.8, 4) is 11.5 Å². The van der Waals surface area contributed by atoms with E-state index in [0.29, 0.717) is 16.5 Å². The van der Waals surface area contributed by atoms with Crippen LogP contribution in [0.1, 0.15) is 24.0 Å². The Kier molecular flexibility index (Phi) is 6.55. The normalized spacial score (nSPS) is 22.9. The van der Waals surface area contributed by atoms with E-state index >= 15 is 0 Å². The Balaban J connectivity index is 1.56. The number of rotatable bonds is 6. The van der Waals surface area contributed by atoms with Crippen LogP contribution in [0.2, 0.25) is 10.0 Å². The zero-order valence-electron chi connectivity index (χ0n) is 17.0. The Hall–Kier alpha value is -1.46. The van der Waals surface area contributed by atoms with Gasteiger partial charge in [-0.1, -0.05) is 23.2 Å². The van der Waals surface area contributed by atoms with Crippen LogP contribution < -0.4 is 9.47 Å². The molecule has 29 heavy (non-hydrogen) atoms. The average molecular weight is 435 g/mol. The maximum Gasteiger partial charge on any atom is 0.123 e. The molecule has 2 aromatic carbocycles. The lowest BCUT2D eigenvalue weighted by molar-refractivity contribution is 0.204. The molecule has 2 saturated heterocycles. The molecule has 0 amide bonds. The fourth-order valence-electron chi connectivity index (χ4n) is 4.15. The van der Waals surface area contributed by atoms with Gasteiger partial charge in [0.2, 0.25) is 0 Å². The topological polar surface area (TPSA) is 24.9 Å². The first-order chi connectivity index (χ1) is 14.0. The molecule has 6 heteroatoms. The second-order valence-corrected chi connectivity index (χ2v) is 9.14. The number of likely N-dealkylation sites (tertiary alicyclic amines) is 2. The third kappa shape index (κ3) is 5.37. The van der Waals surface area contributed by atoms with Gasteiger partial charge in [-0.3, -0.25) is 0 Å². The van der Waals surface area contributed by atoms with Crippen LogP contribution in [0, 0.1) is 0 Å². The van der Waals surface area contributed by atoms with E-state index < -0.39 is 0 Å². The van der Waals surface area contributed by atoms with E-state index in [1.54, 1.807) is 0 Å². The van der Waals surface area contributed by atoms with Gasteiger partial charge in [0.1, 0.15) is 23.7 Å². The van der Waals surface area contributed by atoms with Crippen molar-refractivity contribution >= 4 is 23.2 Å². The van der Waals surface area contributed by atoms with E-state index in [2.05, 4.69) is 23.9 Å². The lowest BCUT2D eigenvalue weighted by Gasteiger charge is -2.20. The molecule has 156 valence electrons. The number of ether oxygens (including phenoxy) is 2. The summed E-state index contributed by atoms with van der Waals surface area (Å²) in [5, 5.41) is 1.41. The van der Waals surface area contributed by atoms with Crippen molar-refractivity contribution in [2.24, 2.45) is 0 Å². The molecule has 2 atom stereocenters. The van der Waals surface area contributed by atoms with Crippen LogP contribution in [0.25, 0.3) is 0 Å². The van der Waals surface area contributed by atoms with Crippen LogP contribution >= 0.6 is 23.2 Å². The Bertz CT molecular complexity index is 791. The van der Waals surface area contributed by atoms with Crippen molar-refractivity contribution in [3.05, 3.63) is 57.6 Å². The predicted octanol–water partition coefficient (Wildman–Crippen LogP) is 4.75. The van der Waals surface area contributed by atoms with Gasteiger partial charge in [0.25, 0.3) is 0 Å². The second-order valence-electron chi connectivity index (χ2n) is 8.26. The summed E-state index contributed by atoms with van der Waals surface area (Å²) in [6.45, 7) is 4.02. The van der Waals surface area contributed by atoms with Crippen LogP contribution in [0.4, 0.5) is 0 Å². The largest absolute Gasteiger partial charge is 0.489 e. The molecule has 2 heterocycles. The molecule has 0 radical (unpaired) electrons. The van der Waals surface area contributed by atoms with E-state index in [4.69, 9.17) is 32.7 Å². The van der Waals surface area contributed by atoms with Crippen LogP contribution in [-0.4, -0.2) is 62.3 Å². The summed E-state index contributed by atoms with van der Waals surface area (Å²) in [5.41, 5.74) is 2.12. The summed E-state index contributed by atoms with van der Waals surface area (Å²) in [4.78, 5) is 4.59. The highest BCUT2D eigenvalue weighted by atomic mass is 35.5. The van der Waals surface area contributed by atoms with E-state index in [1.165, 1.54) is 0 Å². The van der Waals surface area contributed by atoms with Gasteiger partial charge in [0.15, 0.2) is 0 Å². The van der Waals surface area contributed by atoms with E-state index in [1.807, 2.05) is 36.4 Å². The number of nitrogens with zero attached hydrogens (tertiary/aromatic N) is 2. The van der Waals surface area contributed by atoms with Crippen molar-refractivity contribution in [1.29, 1.82) is 0 Å². The first-order valence-corrected chi connectivity index (χ1v) is 11.0. The molecule has 2 unspecified atom stereocenters. The quantitative estimate of drug-likeness (QED) is 0.654. The fraction of sp³-hybridized carbons (Fsp3) is 0.478. The number of likely N-dealkylation sites (N-methyl/N-ethyl adjacent to an activating group) is 2. The second kappa shape index (κ2) is 9.13.